The molecule has 21 heavy (non-hydrogen) atoms. The lowest BCUT2D eigenvalue weighted by atomic mass is 10.1. The fourth-order valence-corrected chi connectivity index (χ4v) is 1.84. The molecule has 0 radical (unpaired) electrons. The van der Waals surface area contributed by atoms with E-state index in [0.717, 1.165) is 0 Å². The van der Waals surface area contributed by atoms with Crippen LogP contribution in [0.25, 0.3) is 0 Å². The smallest absolute Gasteiger partial charge is 0.254 e. The number of aliphatic hydroxyl groups is 1. The van der Waals surface area contributed by atoms with Crippen molar-refractivity contribution in [2.24, 2.45) is 0 Å². The quantitative estimate of drug-likeness (QED) is 0.747. The lowest BCUT2D eigenvalue weighted by Crippen LogP contribution is -2.34. The zero-order valence-electron chi connectivity index (χ0n) is 12.5. The van der Waals surface area contributed by atoms with Crippen LogP contribution in [0.2, 0.25) is 0 Å². The monoisotopic (exact) mass is 290 g/mol. The van der Waals surface area contributed by atoms with Crippen LogP contribution < -0.4 is 5.32 Å². The van der Waals surface area contributed by atoms with Crippen molar-refractivity contribution in [3.8, 4) is 0 Å². The molecule has 0 spiro atoms. The lowest BCUT2D eigenvalue weighted by molar-refractivity contribution is 0.0742. The van der Waals surface area contributed by atoms with Crippen molar-refractivity contribution in [1.82, 2.24) is 10.2 Å². The average Bonchev–Trinajstić information content (AvgIpc) is 2.46. The summed E-state index contributed by atoms with van der Waals surface area (Å²) >= 11 is 0. The van der Waals surface area contributed by atoms with Gasteiger partial charge in [-0.25, -0.2) is 0 Å². The summed E-state index contributed by atoms with van der Waals surface area (Å²) in [4.78, 5) is 25.6. The number of aliphatic hydroxyl groups excluding tert-OH is 1. The molecule has 0 aliphatic carbocycles. The highest BCUT2D eigenvalue weighted by molar-refractivity contribution is 5.97. The molecular weight excluding hydrogens is 268 g/mol. The van der Waals surface area contributed by atoms with E-state index in [-0.39, 0.29) is 31.0 Å². The number of hydrogen-bond acceptors (Lipinski definition) is 3. The number of nitrogens with one attached hydrogen (secondary N) is 1. The van der Waals surface area contributed by atoms with Gasteiger partial charge in [0.05, 0.1) is 6.61 Å². The second-order valence-corrected chi connectivity index (χ2v) is 4.97. The van der Waals surface area contributed by atoms with Crippen LogP contribution in [0.4, 0.5) is 0 Å². The molecule has 1 rings (SSSR count). The first-order valence-electron chi connectivity index (χ1n) is 6.91. The third-order valence-electron chi connectivity index (χ3n) is 2.82. The number of amides is 2. The molecule has 0 unspecified atom stereocenters. The number of nitrogens with zero attached hydrogens (tertiary/aromatic N) is 1. The SMILES string of the molecule is C=CCN(CCO)C(=O)c1ccc(C(=O)NC(C)C)cc1. The van der Waals surface area contributed by atoms with Crippen molar-refractivity contribution in [2.75, 3.05) is 19.7 Å². The highest BCUT2D eigenvalue weighted by Gasteiger charge is 2.15. The molecule has 0 aliphatic rings. The predicted molar refractivity (Wildman–Crippen MR) is 82.2 cm³/mol. The molecule has 0 atom stereocenters. The Morgan fingerprint density at radius 1 is 1.29 bits per heavy atom. The van der Waals surface area contributed by atoms with E-state index in [1.165, 1.54) is 4.90 Å². The number of carbonyl (C=O) groups excluding carboxylic acids is 2. The Kier molecular flexibility index (Phi) is 6.62. The topological polar surface area (TPSA) is 69.6 Å². The summed E-state index contributed by atoms with van der Waals surface area (Å²) in [6.07, 6.45) is 1.61. The summed E-state index contributed by atoms with van der Waals surface area (Å²) in [6.45, 7) is 7.89. The molecule has 0 fully saturated rings. The van der Waals surface area contributed by atoms with E-state index in [9.17, 15) is 9.59 Å². The number of benzene rings is 1. The van der Waals surface area contributed by atoms with E-state index in [1.807, 2.05) is 13.8 Å². The summed E-state index contributed by atoms with van der Waals surface area (Å²) in [5, 5.41) is 11.8. The van der Waals surface area contributed by atoms with E-state index in [0.29, 0.717) is 17.7 Å². The number of carbonyl (C=O) groups is 2. The van der Waals surface area contributed by atoms with Gasteiger partial charge in [0.2, 0.25) is 0 Å². The summed E-state index contributed by atoms with van der Waals surface area (Å²) in [7, 11) is 0. The third-order valence-corrected chi connectivity index (χ3v) is 2.82. The maximum atomic E-state index is 12.3. The molecule has 1 aromatic rings. The van der Waals surface area contributed by atoms with Crippen molar-refractivity contribution < 1.29 is 14.7 Å². The van der Waals surface area contributed by atoms with Crippen LogP contribution in [0.5, 0.6) is 0 Å². The molecule has 5 nitrogen and oxygen atoms in total. The second-order valence-electron chi connectivity index (χ2n) is 4.97. The average molecular weight is 290 g/mol. The van der Waals surface area contributed by atoms with Crippen LogP contribution in [-0.2, 0) is 0 Å². The standard InChI is InChI=1S/C16H22N2O3/c1-4-9-18(10-11-19)16(21)14-7-5-13(6-8-14)15(20)17-12(2)3/h4-8,12,19H,1,9-11H2,2-3H3,(H,17,20). The summed E-state index contributed by atoms with van der Waals surface area (Å²) in [6, 6.07) is 6.54. The van der Waals surface area contributed by atoms with E-state index < -0.39 is 0 Å². The molecule has 1 aromatic carbocycles. The van der Waals surface area contributed by atoms with Gasteiger partial charge in [0.25, 0.3) is 11.8 Å². The minimum atomic E-state index is -0.195. The van der Waals surface area contributed by atoms with Gasteiger partial charge in [0, 0.05) is 30.3 Å². The van der Waals surface area contributed by atoms with Gasteiger partial charge in [0.1, 0.15) is 0 Å². The molecule has 0 saturated heterocycles. The first-order chi connectivity index (χ1) is 9.99. The summed E-state index contributed by atoms with van der Waals surface area (Å²) in [5.74, 6) is -0.359. The zero-order valence-corrected chi connectivity index (χ0v) is 12.5. The van der Waals surface area contributed by atoms with Crippen LogP contribution >= 0.6 is 0 Å². The van der Waals surface area contributed by atoms with Crippen molar-refractivity contribution in [1.29, 1.82) is 0 Å². The fraction of sp³-hybridized carbons (Fsp3) is 0.375. The van der Waals surface area contributed by atoms with Gasteiger partial charge < -0.3 is 15.3 Å². The third kappa shape index (κ3) is 5.04. The van der Waals surface area contributed by atoms with Gasteiger partial charge in [0.15, 0.2) is 0 Å². The molecule has 2 N–H and O–H groups in total. The van der Waals surface area contributed by atoms with Gasteiger partial charge in [-0.15, -0.1) is 6.58 Å². The van der Waals surface area contributed by atoms with E-state index in [1.54, 1.807) is 30.3 Å². The normalized spacial score (nSPS) is 10.3. The summed E-state index contributed by atoms with van der Waals surface area (Å²) < 4.78 is 0. The van der Waals surface area contributed by atoms with Crippen LogP contribution in [0.3, 0.4) is 0 Å². The first kappa shape index (κ1) is 16.9. The van der Waals surface area contributed by atoms with Gasteiger partial charge in [-0.3, -0.25) is 9.59 Å². The molecule has 0 aromatic heterocycles. The van der Waals surface area contributed by atoms with Crippen LogP contribution in [0.15, 0.2) is 36.9 Å². The lowest BCUT2D eigenvalue weighted by Gasteiger charge is -2.20. The number of hydrogen-bond donors (Lipinski definition) is 2. The Balaban J connectivity index is 2.83. The largest absolute Gasteiger partial charge is 0.395 e. The van der Waals surface area contributed by atoms with Crippen molar-refractivity contribution in [2.45, 2.75) is 19.9 Å². The van der Waals surface area contributed by atoms with E-state index >= 15 is 0 Å². The fourth-order valence-electron chi connectivity index (χ4n) is 1.84. The Hall–Kier alpha value is -2.14. The Labute approximate surface area is 125 Å². The molecular formula is C16H22N2O3. The Morgan fingerprint density at radius 3 is 2.33 bits per heavy atom. The number of rotatable bonds is 7. The minimum absolute atomic E-state index is 0.0615. The van der Waals surface area contributed by atoms with E-state index in [4.69, 9.17) is 5.11 Å². The van der Waals surface area contributed by atoms with Crippen LogP contribution in [0.1, 0.15) is 34.6 Å². The molecule has 114 valence electrons. The second kappa shape index (κ2) is 8.21. The van der Waals surface area contributed by atoms with Crippen molar-refractivity contribution in [3.05, 3.63) is 48.0 Å². The molecule has 0 aliphatic heterocycles. The van der Waals surface area contributed by atoms with Crippen molar-refractivity contribution in [3.63, 3.8) is 0 Å². The van der Waals surface area contributed by atoms with Gasteiger partial charge in [-0.1, -0.05) is 6.08 Å². The van der Waals surface area contributed by atoms with E-state index in [2.05, 4.69) is 11.9 Å². The highest BCUT2D eigenvalue weighted by Crippen LogP contribution is 2.08. The van der Waals surface area contributed by atoms with Crippen LogP contribution in [0, 0.1) is 0 Å². The Morgan fingerprint density at radius 2 is 1.86 bits per heavy atom. The highest BCUT2D eigenvalue weighted by atomic mass is 16.3. The van der Waals surface area contributed by atoms with Crippen molar-refractivity contribution >= 4 is 11.8 Å². The maximum Gasteiger partial charge on any atom is 0.254 e. The molecule has 0 bridgehead atoms. The predicted octanol–water partition coefficient (Wildman–Crippen LogP) is 1.45. The van der Waals surface area contributed by atoms with Gasteiger partial charge in [-0.05, 0) is 38.1 Å². The van der Waals surface area contributed by atoms with Crippen LogP contribution in [-0.4, -0.2) is 47.6 Å². The minimum Gasteiger partial charge on any atom is -0.395 e. The Bertz CT molecular complexity index is 495. The zero-order chi connectivity index (χ0) is 15.8. The first-order valence-corrected chi connectivity index (χ1v) is 6.91. The molecule has 5 heteroatoms. The molecule has 0 saturated carbocycles. The maximum absolute atomic E-state index is 12.3. The molecule has 2 amide bonds. The summed E-state index contributed by atoms with van der Waals surface area (Å²) in [5.41, 5.74) is 0.990. The van der Waals surface area contributed by atoms with Gasteiger partial charge in [-0.2, -0.15) is 0 Å². The van der Waals surface area contributed by atoms with Gasteiger partial charge >= 0.3 is 0 Å². The molecule has 0 heterocycles.